The lowest BCUT2D eigenvalue weighted by Crippen LogP contribution is -2.23. The largest absolute Gasteiger partial charge is 0.497 e. The van der Waals surface area contributed by atoms with Crippen LogP contribution < -0.4 is 4.74 Å². The summed E-state index contributed by atoms with van der Waals surface area (Å²) in [5.74, 6) is 0.736. The van der Waals surface area contributed by atoms with Gasteiger partial charge in [0.05, 0.1) is 17.7 Å². The summed E-state index contributed by atoms with van der Waals surface area (Å²) in [4.78, 5) is 19.2. The number of ether oxygens (including phenoxy) is 1. The summed E-state index contributed by atoms with van der Waals surface area (Å²) in [6.07, 6.45) is 1.89. The molecule has 0 aliphatic carbocycles. The number of hydrogen-bond donors (Lipinski definition) is 0. The van der Waals surface area contributed by atoms with Crippen LogP contribution in [0.15, 0.2) is 52.4 Å². The van der Waals surface area contributed by atoms with Gasteiger partial charge in [0.1, 0.15) is 5.75 Å². The Kier molecular flexibility index (Phi) is 5.16. The number of rotatable bonds is 3. The van der Waals surface area contributed by atoms with E-state index in [1.54, 1.807) is 31.2 Å². The van der Waals surface area contributed by atoms with Crippen molar-refractivity contribution in [3.05, 3.63) is 63.5 Å². The van der Waals surface area contributed by atoms with E-state index < -0.39 is 0 Å². The van der Waals surface area contributed by atoms with Gasteiger partial charge < -0.3 is 4.74 Å². The van der Waals surface area contributed by atoms with Gasteiger partial charge in [-0.15, -0.1) is 0 Å². The SMILES string of the molecule is COc1ccc(/C=C2/SC(=Nc3ccc(Cl)cc3)N(C)C2=O)c(C)c1. The van der Waals surface area contributed by atoms with E-state index in [2.05, 4.69) is 4.99 Å². The van der Waals surface area contributed by atoms with Crippen molar-refractivity contribution in [1.82, 2.24) is 4.90 Å². The molecule has 3 rings (SSSR count). The smallest absolute Gasteiger partial charge is 0.266 e. The Morgan fingerprint density at radius 1 is 1.20 bits per heavy atom. The second kappa shape index (κ2) is 7.33. The standard InChI is InChI=1S/C19H17ClN2O2S/c1-12-10-16(24-3)9-4-13(12)11-17-18(23)22(2)19(25-17)21-15-7-5-14(20)6-8-15/h4-11H,1-3H3/b17-11+,21-19?. The minimum absolute atomic E-state index is 0.0621. The number of nitrogens with zero attached hydrogens (tertiary/aromatic N) is 2. The molecule has 6 heteroatoms. The molecular weight excluding hydrogens is 356 g/mol. The average molecular weight is 373 g/mol. The molecule has 0 radical (unpaired) electrons. The van der Waals surface area contributed by atoms with Crippen molar-refractivity contribution in [1.29, 1.82) is 0 Å². The molecule has 4 nitrogen and oxygen atoms in total. The lowest BCUT2D eigenvalue weighted by atomic mass is 10.1. The molecule has 1 aliphatic heterocycles. The van der Waals surface area contributed by atoms with E-state index in [1.807, 2.05) is 43.3 Å². The maximum absolute atomic E-state index is 12.5. The molecule has 0 unspecified atom stereocenters. The number of amidine groups is 1. The highest BCUT2D eigenvalue weighted by Crippen LogP contribution is 2.34. The van der Waals surface area contributed by atoms with Gasteiger partial charge in [0.25, 0.3) is 5.91 Å². The molecule has 0 spiro atoms. The molecular formula is C19H17ClN2O2S. The maximum Gasteiger partial charge on any atom is 0.266 e. The zero-order valence-corrected chi connectivity index (χ0v) is 15.7. The minimum atomic E-state index is -0.0621. The first-order valence-electron chi connectivity index (χ1n) is 7.64. The van der Waals surface area contributed by atoms with E-state index in [0.29, 0.717) is 15.1 Å². The molecule has 1 amide bonds. The fraction of sp³-hybridized carbons (Fsp3) is 0.158. The van der Waals surface area contributed by atoms with Gasteiger partial charge in [-0.1, -0.05) is 17.7 Å². The van der Waals surface area contributed by atoms with Crippen LogP contribution in [-0.4, -0.2) is 30.1 Å². The lowest BCUT2D eigenvalue weighted by molar-refractivity contribution is -0.121. The first-order valence-corrected chi connectivity index (χ1v) is 8.84. The molecule has 25 heavy (non-hydrogen) atoms. The van der Waals surface area contributed by atoms with E-state index >= 15 is 0 Å². The lowest BCUT2D eigenvalue weighted by Gasteiger charge is -2.07. The normalized spacial score (nSPS) is 17.6. The summed E-state index contributed by atoms with van der Waals surface area (Å²) in [6, 6.07) is 13.0. The van der Waals surface area contributed by atoms with E-state index in [1.165, 1.54) is 11.8 Å². The van der Waals surface area contributed by atoms with Crippen LogP contribution in [0.5, 0.6) is 5.75 Å². The van der Waals surface area contributed by atoms with Crippen LogP contribution in [0.25, 0.3) is 6.08 Å². The Balaban J connectivity index is 1.89. The highest BCUT2D eigenvalue weighted by atomic mass is 35.5. The number of thioether (sulfide) groups is 1. The molecule has 2 aromatic carbocycles. The molecule has 1 saturated heterocycles. The Hall–Kier alpha value is -2.24. The predicted octanol–water partition coefficient (Wildman–Crippen LogP) is 4.89. The number of benzene rings is 2. The van der Waals surface area contributed by atoms with E-state index in [9.17, 15) is 4.79 Å². The molecule has 0 saturated carbocycles. The monoisotopic (exact) mass is 372 g/mol. The first kappa shape index (κ1) is 17.6. The van der Waals surface area contributed by atoms with E-state index in [0.717, 1.165) is 22.6 Å². The molecule has 0 atom stereocenters. The number of halogens is 1. The minimum Gasteiger partial charge on any atom is -0.497 e. The molecule has 128 valence electrons. The van der Waals surface area contributed by atoms with Crippen LogP contribution in [0.2, 0.25) is 5.02 Å². The van der Waals surface area contributed by atoms with Crippen LogP contribution in [0.3, 0.4) is 0 Å². The van der Waals surface area contributed by atoms with Crippen molar-refractivity contribution in [2.24, 2.45) is 4.99 Å². The number of methoxy groups -OCH3 is 1. The maximum atomic E-state index is 12.5. The number of likely N-dealkylation sites (N-methyl/N-ethyl adjacent to an activating group) is 1. The fourth-order valence-corrected chi connectivity index (χ4v) is 3.46. The van der Waals surface area contributed by atoms with Gasteiger partial charge in [-0.25, -0.2) is 4.99 Å². The molecule has 1 fully saturated rings. The Morgan fingerprint density at radius 2 is 1.92 bits per heavy atom. The Labute approximate surface area is 156 Å². The molecule has 1 heterocycles. The van der Waals surface area contributed by atoms with Crippen LogP contribution in [0.4, 0.5) is 5.69 Å². The first-order chi connectivity index (χ1) is 12.0. The van der Waals surface area contributed by atoms with Crippen LogP contribution >= 0.6 is 23.4 Å². The van der Waals surface area contributed by atoms with E-state index in [4.69, 9.17) is 16.3 Å². The van der Waals surface area contributed by atoms with Crippen LogP contribution in [0.1, 0.15) is 11.1 Å². The number of hydrogen-bond acceptors (Lipinski definition) is 4. The summed E-state index contributed by atoms with van der Waals surface area (Å²) < 4.78 is 5.22. The van der Waals surface area contributed by atoms with Crippen molar-refractivity contribution in [2.45, 2.75) is 6.92 Å². The fourth-order valence-electron chi connectivity index (χ4n) is 2.36. The zero-order valence-electron chi connectivity index (χ0n) is 14.1. The third-order valence-corrected chi connectivity index (χ3v) is 5.13. The highest BCUT2D eigenvalue weighted by Gasteiger charge is 2.30. The van der Waals surface area contributed by atoms with Gasteiger partial charge in [0, 0.05) is 12.1 Å². The molecule has 2 aromatic rings. The van der Waals surface area contributed by atoms with Gasteiger partial charge in [-0.3, -0.25) is 9.69 Å². The quantitative estimate of drug-likeness (QED) is 0.720. The third-order valence-electron chi connectivity index (χ3n) is 3.82. The van der Waals surface area contributed by atoms with Crippen LogP contribution in [0, 0.1) is 6.92 Å². The van der Waals surface area contributed by atoms with Crippen molar-refractivity contribution >= 4 is 46.2 Å². The van der Waals surface area contributed by atoms with Gasteiger partial charge in [0.15, 0.2) is 5.17 Å². The summed E-state index contributed by atoms with van der Waals surface area (Å²) in [5.41, 5.74) is 2.79. The van der Waals surface area contributed by atoms with Crippen molar-refractivity contribution in [3.63, 3.8) is 0 Å². The second-order valence-corrected chi connectivity index (χ2v) is 7.01. The Morgan fingerprint density at radius 3 is 2.56 bits per heavy atom. The van der Waals surface area contributed by atoms with Crippen molar-refractivity contribution < 1.29 is 9.53 Å². The van der Waals surface area contributed by atoms with Crippen LogP contribution in [-0.2, 0) is 4.79 Å². The van der Waals surface area contributed by atoms with Crippen molar-refractivity contribution in [2.75, 3.05) is 14.2 Å². The topological polar surface area (TPSA) is 41.9 Å². The zero-order chi connectivity index (χ0) is 18.0. The summed E-state index contributed by atoms with van der Waals surface area (Å²) in [7, 11) is 3.36. The number of amides is 1. The molecule has 1 aliphatic rings. The van der Waals surface area contributed by atoms with Gasteiger partial charge in [-0.2, -0.15) is 0 Å². The molecule has 0 aromatic heterocycles. The summed E-state index contributed by atoms with van der Waals surface area (Å²) >= 11 is 7.26. The number of carbonyl (C=O) groups excluding carboxylic acids is 1. The molecule has 0 bridgehead atoms. The highest BCUT2D eigenvalue weighted by molar-refractivity contribution is 8.18. The number of aliphatic imine (C=N–C) groups is 1. The van der Waals surface area contributed by atoms with Crippen molar-refractivity contribution in [3.8, 4) is 5.75 Å². The number of aryl methyl sites for hydroxylation is 1. The van der Waals surface area contributed by atoms with Gasteiger partial charge in [-0.05, 0) is 72.3 Å². The molecule has 0 N–H and O–H groups in total. The summed E-state index contributed by atoms with van der Waals surface area (Å²) in [6.45, 7) is 1.99. The number of carbonyl (C=O) groups is 1. The van der Waals surface area contributed by atoms with Gasteiger partial charge >= 0.3 is 0 Å². The summed E-state index contributed by atoms with van der Waals surface area (Å²) in [5, 5.41) is 1.30. The van der Waals surface area contributed by atoms with E-state index in [-0.39, 0.29) is 5.91 Å². The second-order valence-electron chi connectivity index (χ2n) is 5.57. The van der Waals surface area contributed by atoms with Gasteiger partial charge in [0.2, 0.25) is 0 Å². The predicted molar refractivity (Wildman–Crippen MR) is 105 cm³/mol. The third kappa shape index (κ3) is 3.89. The average Bonchev–Trinajstić information content (AvgIpc) is 2.86. The Bertz CT molecular complexity index is 875.